The molecule has 0 heterocycles. The molecule has 0 aliphatic carbocycles. The van der Waals surface area contributed by atoms with Crippen molar-refractivity contribution in [1.29, 1.82) is 0 Å². The molecule has 1 amide bonds. The highest BCUT2D eigenvalue weighted by molar-refractivity contribution is 5.84. The summed E-state index contributed by atoms with van der Waals surface area (Å²) >= 11 is 0. The zero-order valence-electron chi connectivity index (χ0n) is 11.7. The van der Waals surface area contributed by atoms with Gasteiger partial charge in [-0.2, -0.15) is 5.10 Å². The van der Waals surface area contributed by atoms with Crippen molar-refractivity contribution in [3.8, 4) is 0 Å². The Kier molecular flexibility index (Phi) is 11.0. The van der Waals surface area contributed by atoms with Gasteiger partial charge < -0.3 is 0 Å². The van der Waals surface area contributed by atoms with E-state index in [-0.39, 0.29) is 5.91 Å². The maximum atomic E-state index is 11.4. The average molecular weight is 240 g/mol. The fraction of sp³-hybridized carbons (Fsp3) is 0.857. The molecule has 3 heteroatoms. The van der Waals surface area contributed by atoms with E-state index in [2.05, 4.69) is 17.5 Å². The molecule has 0 unspecified atom stereocenters. The highest BCUT2D eigenvalue weighted by atomic mass is 16.2. The number of hydrogen-bond donors (Lipinski definition) is 1. The quantitative estimate of drug-likeness (QED) is 0.349. The Balaban J connectivity index is 3.33. The molecule has 0 bridgehead atoms. The van der Waals surface area contributed by atoms with Gasteiger partial charge in [-0.1, -0.05) is 52.4 Å². The van der Waals surface area contributed by atoms with Crippen LogP contribution in [0, 0.1) is 0 Å². The minimum atomic E-state index is 0.0476. The second-order valence-corrected chi connectivity index (χ2v) is 4.61. The molecule has 0 fully saturated rings. The molecule has 0 atom stereocenters. The molecule has 0 aliphatic heterocycles. The lowest BCUT2D eigenvalue weighted by atomic mass is 10.1. The first-order valence-electron chi connectivity index (χ1n) is 7.02. The van der Waals surface area contributed by atoms with Crippen molar-refractivity contribution in [3.05, 3.63) is 0 Å². The third kappa shape index (κ3) is 11.4. The van der Waals surface area contributed by atoms with Crippen molar-refractivity contribution >= 4 is 11.6 Å². The van der Waals surface area contributed by atoms with Gasteiger partial charge in [0.15, 0.2) is 0 Å². The van der Waals surface area contributed by atoms with Crippen molar-refractivity contribution in [2.45, 2.75) is 78.6 Å². The molecule has 0 aromatic rings. The zero-order valence-corrected chi connectivity index (χ0v) is 11.7. The van der Waals surface area contributed by atoms with Crippen LogP contribution in [0.25, 0.3) is 0 Å². The van der Waals surface area contributed by atoms with Gasteiger partial charge in [-0.3, -0.25) is 4.79 Å². The summed E-state index contributed by atoms with van der Waals surface area (Å²) in [5.74, 6) is 0.0476. The van der Waals surface area contributed by atoms with Crippen LogP contribution in [-0.2, 0) is 4.79 Å². The minimum Gasteiger partial charge on any atom is -0.273 e. The number of rotatable bonds is 10. The van der Waals surface area contributed by atoms with Crippen LogP contribution in [-0.4, -0.2) is 11.6 Å². The van der Waals surface area contributed by atoms with E-state index >= 15 is 0 Å². The normalized spacial score (nSPS) is 11.6. The van der Waals surface area contributed by atoms with Crippen molar-refractivity contribution < 1.29 is 4.79 Å². The highest BCUT2D eigenvalue weighted by Crippen LogP contribution is 2.08. The second-order valence-electron chi connectivity index (χ2n) is 4.61. The number of hydrazone groups is 1. The van der Waals surface area contributed by atoms with E-state index in [9.17, 15) is 4.79 Å². The minimum absolute atomic E-state index is 0.0476. The van der Waals surface area contributed by atoms with Crippen LogP contribution in [0.3, 0.4) is 0 Å². The first-order valence-corrected chi connectivity index (χ1v) is 7.02. The summed E-state index contributed by atoms with van der Waals surface area (Å²) in [6.07, 6.45) is 10.2. The first-order chi connectivity index (χ1) is 8.20. The Morgan fingerprint density at radius 2 is 1.59 bits per heavy atom. The number of carbonyl (C=O) groups is 1. The Labute approximate surface area is 106 Å². The molecule has 0 spiro atoms. The second kappa shape index (κ2) is 11.6. The Morgan fingerprint density at radius 3 is 2.18 bits per heavy atom. The molecule has 3 nitrogen and oxygen atoms in total. The van der Waals surface area contributed by atoms with E-state index < -0.39 is 0 Å². The van der Waals surface area contributed by atoms with E-state index in [1.54, 1.807) is 0 Å². The maximum absolute atomic E-state index is 11.4. The highest BCUT2D eigenvalue weighted by Gasteiger charge is 1.99. The number of nitrogens with one attached hydrogen (secondary N) is 1. The van der Waals surface area contributed by atoms with E-state index in [1.807, 2.05) is 13.8 Å². The molecule has 0 saturated heterocycles. The Morgan fingerprint density at radius 1 is 1.00 bits per heavy atom. The summed E-state index contributed by atoms with van der Waals surface area (Å²) in [4.78, 5) is 11.4. The summed E-state index contributed by atoms with van der Waals surface area (Å²) in [6.45, 7) is 6.18. The van der Waals surface area contributed by atoms with Crippen LogP contribution in [0.15, 0.2) is 5.10 Å². The molecule has 0 aromatic carbocycles. The maximum Gasteiger partial charge on any atom is 0.240 e. The van der Waals surface area contributed by atoms with Crippen LogP contribution in [0.4, 0.5) is 0 Å². The number of carbonyl (C=O) groups excluding carboxylic acids is 1. The average Bonchev–Trinajstić information content (AvgIpc) is 2.34. The smallest absolute Gasteiger partial charge is 0.240 e. The summed E-state index contributed by atoms with van der Waals surface area (Å²) in [6, 6.07) is 0. The fourth-order valence-corrected chi connectivity index (χ4v) is 1.54. The van der Waals surface area contributed by atoms with Crippen LogP contribution >= 0.6 is 0 Å². The van der Waals surface area contributed by atoms with E-state index in [1.165, 1.54) is 32.1 Å². The molecule has 17 heavy (non-hydrogen) atoms. The van der Waals surface area contributed by atoms with Crippen LogP contribution < -0.4 is 5.43 Å². The van der Waals surface area contributed by atoms with Crippen molar-refractivity contribution in [2.75, 3.05) is 0 Å². The van der Waals surface area contributed by atoms with Gasteiger partial charge in [0.1, 0.15) is 0 Å². The molecular weight excluding hydrogens is 212 g/mol. The number of amides is 1. The lowest BCUT2D eigenvalue weighted by Gasteiger charge is -2.02. The van der Waals surface area contributed by atoms with Gasteiger partial charge >= 0.3 is 0 Å². The summed E-state index contributed by atoms with van der Waals surface area (Å²) in [5.41, 5.74) is 3.56. The lowest BCUT2D eigenvalue weighted by Crippen LogP contribution is -2.18. The van der Waals surface area contributed by atoms with Gasteiger partial charge in [-0.25, -0.2) is 5.43 Å². The van der Waals surface area contributed by atoms with Gasteiger partial charge in [0.05, 0.1) is 0 Å². The van der Waals surface area contributed by atoms with Gasteiger partial charge in [0, 0.05) is 12.1 Å². The number of unbranched alkanes of at least 4 members (excludes halogenated alkanes) is 6. The largest absolute Gasteiger partial charge is 0.273 e. The van der Waals surface area contributed by atoms with Gasteiger partial charge in [-0.15, -0.1) is 0 Å². The van der Waals surface area contributed by atoms with Crippen molar-refractivity contribution in [2.24, 2.45) is 5.10 Å². The molecule has 0 rings (SSSR count). The molecule has 100 valence electrons. The van der Waals surface area contributed by atoms with Crippen molar-refractivity contribution in [3.63, 3.8) is 0 Å². The predicted molar refractivity (Wildman–Crippen MR) is 74.2 cm³/mol. The topological polar surface area (TPSA) is 41.5 Å². The molecule has 1 N–H and O–H groups in total. The summed E-state index contributed by atoms with van der Waals surface area (Å²) < 4.78 is 0. The van der Waals surface area contributed by atoms with E-state index in [0.717, 1.165) is 25.0 Å². The summed E-state index contributed by atoms with van der Waals surface area (Å²) in [5, 5.41) is 4.00. The first kappa shape index (κ1) is 16.1. The van der Waals surface area contributed by atoms with Gasteiger partial charge in [-0.05, 0) is 19.8 Å². The lowest BCUT2D eigenvalue weighted by molar-refractivity contribution is -0.121. The number of hydrogen-bond acceptors (Lipinski definition) is 2. The van der Waals surface area contributed by atoms with Crippen LogP contribution in [0.2, 0.25) is 0 Å². The third-order valence-corrected chi connectivity index (χ3v) is 2.89. The number of nitrogens with zero attached hydrogens (tertiary/aromatic N) is 1. The summed E-state index contributed by atoms with van der Waals surface area (Å²) in [7, 11) is 0. The molecule has 0 radical (unpaired) electrons. The van der Waals surface area contributed by atoms with Crippen molar-refractivity contribution in [1.82, 2.24) is 5.43 Å². The standard InChI is InChI=1S/C14H28N2O/c1-4-6-7-8-9-10-11-12-14(17)16-15-13(3)5-2/h4-12H2,1-3H3,(H,16,17). The molecule has 0 aromatic heterocycles. The predicted octanol–water partition coefficient (Wildman–Crippen LogP) is 4.03. The Bertz CT molecular complexity index is 224. The molecular formula is C14H28N2O. The molecule has 0 saturated carbocycles. The van der Waals surface area contributed by atoms with Crippen LogP contribution in [0.1, 0.15) is 78.6 Å². The van der Waals surface area contributed by atoms with Gasteiger partial charge in [0.2, 0.25) is 5.91 Å². The third-order valence-electron chi connectivity index (χ3n) is 2.89. The monoisotopic (exact) mass is 240 g/mol. The van der Waals surface area contributed by atoms with E-state index in [0.29, 0.717) is 6.42 Å². The SMILES string of the molecule is CCCCCCCCCC(=O)NN=C(C)CC. The zero-order chi connectivity index (χ0) is 12.9. The van der Waals surface area contributed by atoms with Gasteiger partial charge in [0.25, 0.3) is 0 Å². The Hall–Kier alpha value is -0.860. The van der Waals surface area contributed by atoms with E-state index in [4.69, 9.17) is 0 Å². The molecule has 0 aliphatic rings. The fourth-order valence-electron chi connectivity index (χ4n) is 1.54. The van der Waals surface area contributed by atoms with Crippen LogP contribution in [0.5, 0.6) is 0 Å².